The Kier molecular flexibility index (Phi) is 2.63. The predicted molar refractivity (Wildman–Crippen MR) is 57.5 cm³/mol. The number of nitrogens with two attached hydrogens (primary N) is 1. The molecule has 0 aliphatic carbocycles. The van der Waals surface area contributed by atoms with Crippen LogP contribution in [0.5, 0.6) is 0 Å². The zero-order chi connectivity index (χ0) is 11.0. The van der Waals surface area contributed by atoms with Gasteiger partial charge in [0.05, 0.1) is 6.61 Å². The van der Waals surface area contributed by atoms with E-state index >= 15 is 0 Å². The summed E-state index contributed by atoms with van der Waals surface area (Å²) in [7, 11) is 1.95. The number of nitrogens with zero attached hydrogens (tertiary/aromatic N) is 1. The van der Waals surface area contributed by atoms with Crippen LogP contribution in [0.3, 0.4) is 0 Å². The van der Waals surface area contributed by atoms with Gasteiger partial charge in [0, 0.05) is 31.2 Å². The maximum atomic E-state index is 13.1. The largest absolute Gasteiger partial charge is 0.395 e. The van der Waals surface area contributed by atoms with Crippen molar-refractivity contribution in [3.05, 3.63) is 29.6 Å². The van der Waals surface area contributed by atoms with Crippen molar-refractivity contribution in [2.45, 2.75) is 12.0 Å². The molecule has 0 radical (unpaired) electrons. The van der Waals surface area contributed by atoms with E-state index in [-0.39, 0.29) is 24.4 Å². The molecule has 3 N–H and O–H groups in total. The zero-order valence-electron chi connectivity index (χ0n) is 8.65. The van der Waals surface area contributed by atoms with Crippen molar-refractivity contribution in [1.82, 2.24) is 0 Å². The summed E-state index contributed by atoms with van der Waals surface area (Å²) in [4.78, 5) is 2.04. The molecule has 2 unspecified atom stereocenters. The number of likely N-dealkylation sites (N-methyl/N-ethyl adjacent to an activating group) is 1. The summed E-state index contributed by atoms with van der Waals surface area (Å²) in [6.45, 7) is 0.662. The number of rotatable bonds is 2. The summed E-state index contributed by atoms with van der Waals surface area (Å²) in [6, 6.07) is 4.39. The fourth-order valence-corrected chi connectivity index (χ4v) is 2.16. The number of hydrogen-bond acceptors (Lipinski definition) is 3. The molecule has 1 aromatic rings. The summed E-state index contributed by atoms with van der Waals surface area (Å²) in [5, 5.41) is 9.04. The molecule has 2 atom stereocenters. The van der Waals surface area contributed by atoms with Crippen LogP contribution in [0, 0.1) is 5.82 Å². The zero-order valence-corrected chi connectivity index (χ0v) is 8.65. The van der Waals surface area contributed by atoms with E-state index in [9.17, 15) is 4.39 Å². The minimum atomic E-state index is -0.324. The summed E-state index contributed by atoms with van der Waals surface area (Å²) in [6.07, 6.45) is 0. The monoisotopic (exact) mass is 210 g/mol. The Bertz CT molecular complexity index is 370. The molecule has 0 spiro atoms. The summed E-state index contributed by atoms with van der Waals surface area (Å²) in [5.74, 6) is -0.232. The van der Waals surface area contributed by atoms with Crippen molar-refractivity contribution in [2.75, 3.05) is 25.1 Å². The summed E-state index contributed by atoms with van der Waals surface area (Å²) in [5.41, 5.74) is 7.71. The van der Waals surface area contributed by atoms with E-state index in [0.717, 1.165) is 17.8 Å². The van der Waals surface area contributed by atoms with Gasteiger partial charge in [-0.05, 0) is 23.8 Å². The van der Waals surface area contributed by atoms with E-state index in [4.69, 9.17) is 10.8 Å². The first-order valence-corrected chi connectivity index (χ1v) is 5.00. The molecule has 0 saturated heterocycles. The highest BCUT2D eigenvalue weighted by atomic mass is 19.1. The first-order valence-electron chi connectivity index (χ1n) is 5.00. The van der Waals surface area contributed by atoms with Gasteiger partial charge in [0.1, 0.15) is 5.82 Å². The average Bonchev–Trinajstić information content (AvgIpc) is 2.54. The SMILES string of the molecule is CN1CC(C(N)CO)c2cc(F)ccc21. The van der Waals surface area contributed by atoms with Gasteiger partial charge in [0.25, 0.3) is 0 Å². The highest BCUT2D eigenvalue weighted by Crippen LogP contribution is 2.36. The first-order chi connectivity index (χ1) is 7.13. The molecule has 1 heterocycles. The van der Waals surface area contributed by atoms with Crippen LogP contribution in [-0.4, -0.2) is 31.3 Å². The van der Waals surface area contributed by atoms with Crippen LogP contribution < -0.4 is 10.6 Å². The van der Waals surface area contributed by atoms with Crippen molar-refractivity contribution in [3.63, 3.8) is 0 Å². The number of aliphatic hydroxyl groups excluding tert-OH is 1. The van der Waals surface area contributed by atoms with E-state index in [2.05, 4.69) is 0 Å². The lowest BCUT2D eigenvalue weighted by molar-refractivity contribution is 0.251. The van der Waals surface area contributed by atoms with E-state index in [1.807, 2.05) is 11.9 Å². The van der Waals surface area contributed by atoms with Crippen LogP contribution in [-0.2, 0) is 0 Å². The van der Waals surface area contributed by atoms with Gasteiger partial charge < -0.3 is 15.7 Å². The van der Waals surface area contributed by atoms with E-state index in [1.54, 1.807) is 6.07 Å². The van der Waals surface area contributed by atoms with E-state index < -0.39 is 0 Å². The third kappa shape index (κ3) is 1.70. The fraction of sp³-hybridized carbons (Fsp3) is 0.455. The predicted octanol–water partition coefficient (Wildman–Crippen LogP) is 0.679. The number of hydrogen-bond donors (Lipinski definition) is 2. The summed E-state index contributed by atoms with van der Waals surface area (Å²) >= 11 is 0. The van der Waals surface area contributed by atoms with Gasteiger partial charge >= 0.3 is 0 Å². The second kappa shape index (κ2) is 3.79. The molecule has 1 aliphatic heterocycles. The lowest BCUT2D eigenvalue weighted by Gasteiger charge is -2.17. The van der Waals surface area contributed by atoms with Crippen molar-refractivity contribution in [1.29, 1.82) is 0 Å². The second-order valence-electron chi connectivity index (χ2n) is 4.04. The first kappa shape index (κ1) is 10.4. The molecule has 0 saturated carbocycles. The van der Waals surface area contributed by atoms with Crippen LogP contribution in [0.2, 0.25) is 0 Å². The molecule has 4 heteroatoms. The van der Waals surface area contributed by atoms with Gasteiger partial charge in [-0.2, -0.15) is 0 Å². The number of halogens is 1. The Hall–Kier alpha value is -1.13. The summed E-state index contributed by atoms with van der Waals surface area (Å²) < 4.78 is 13.1. The highest BCUT2D eigenvalue weighted by Gasteiger charge is 2.30. The van der Waals surface area contributed by atoms with E-state index in [1.165, 1.54) is 12.1 Å². The number of benzene rings is 1. The Morgan fingerprint density at radius 3 is 3.07 bits per heavy atom. The average molecular weight is 210 g/mol. The van der Waals surface area contributed by atoms with Gasteiger partial charge in [-0.3, -0.25) is 0 Å². The molecule has 0 fully saturated rings. The molecular formula is C11H15FN2O. The minimum absolute atomic E-state index is 0.0192. The molecule has 2 rings (SSSR count). The Morgan fingerprint density at radius 1 is 1.67 bits per heavy atom. The van der Waals surface area contributed by atoms with Gasteiger partial charge in [-0.25, -0.2) is 4.39 Å². The molecule has 15 heavy (non-hydrogen) atoms. The van der Waals surface area contributed by atoms with Crippen LogP contribution in [0.15, 0.2) is 18.2 Å². The minimum Gasteiger partial charge on any atom is -0.395 e. The number of anilines is 1. The molecule has 0 amide bonds. The molecule has 1 aromatic carbocycles. The normalized spacial score (nSPS) is 21.6. The smallest absolute Gasteiger partial charge is 0.123 e. The van der Waals surface area contributed by atoms with Crippen molar-refractivity contribution in [3.8, 4) is 0 Å². The van der Waals surface area contributed by atoms with Crippen LogP contribution in [0.4, 0.5) is 10.1 Å². The van der Waals surface area contributed by atoms with Crippen molar-refractivity contribution < 1.29 is 9.50 Å². The van der Waals surface area contributed by atoms with Gasteiger partial charge in [-0.15, -0.1) is 0 Å². The lowest BCUT2D eigenvalue weighted by Crippen LogP contribution is -2.34. The number of aliphatic hydroxyl groups is 1. The number of fused-ring (bicyclic) bond motifs is 1. The highest BCUT2D eigenvalue weighted by molar-refractivity contribution is 5.60. The second-order valence-corrected chi connectivity index (χ2v) is 4.04. The fourth-order valence-electron chi connectivity index (χ4n) is 2.16. The van der Waals surface area contributed by atoms with Crippen molar-refractivity contribution in [2.24, 2.45) is 5.73 Å². The van der Waals surface area contributed by atoms with Gasteiger partial charge in [-0.1, -0.05) is 0 Å². The standard InChI is InChI=1S/C11H15FN2O/c1-14-5-9(10(13)6-15)8-4-7(12)2-3-11(8)14/h2-4,9-10,15H,5-6,13H2,1H3. The van der Waals surface area contributed by atoms with Crippen LogP contribution in [0.1, 0.15) is 11.5 Å². The topological polar surface area (TPSA) is 49.5 Å². The molecule has 1 aliphatic rings. The van der Waals surface area contributed by atoms with E-state index in [0.29, 0.717) is 0 Å². The van der Waals surface area contributed by atoms with Gasteiger partial charge in [0.15, 0.2) is 0 Å². The maximum absolute atomic E-state index is 13.1. The lowest BCUT2D eigenvalue weighted by atomic mass is 9.94. The van der Waals surface area contributed by atoms with Crippen LogP contribution in [0.25, 0.3) is 0 Å². The molecule has 0 bridgehead atoms. The Morgan fingerprint density at radius 2 is 2.40 bits per heavy atom. The molecule has 0 aromatic heterocycles. The van der Waals surface area contributed by atoms with Gasteiger partial charge in [0.2, 0.25) is 0 Å². The Balaban J connectivity index is 2.39. The third-order valence-electron chi connectivity index (χ3n) is 3.00. The van der Waals surface area contributed by atoms with Crippen molar-refractivity contribution >= 4 is 5.69 Å². The molecule has 3 nitrogen and oxygen atoms in total. The molecule has 82 valence electrons. The third-order valence-corrected chi connectivity index (χ3v) is 3.00. The molecular weight excluding hydrogens is 195 g/mol. The van der Waals surface area contributed by atoms with Crippen LogP contribution >= 0.6 is 0 Å². The Labute approximate surface area is 88.3 Å². The maximum Gasteiger partial charge on any atom is 0.123 e. The quantitative estimate of drug-likeness (QED) is 0.754.